The number of ether oxygens (including phenoxy) is 4. The molecule has 1 aliphatic carbocycles. The average molecular weight is 490 g/mol. The summed E-state index contributed by atoms with van der Waals surface area (Å²) in [6, 6.07) is 14.7. The molecule has 2 aromatic rings. The van der Waals surface area contributed by atoms with Crippen molar-refractivity contribution in [3.8, 4) is 11.5 Å². The second-order valence-electron chi connectivity index (χ2n) is 9.21. The van der Waals surface area contributed by atoms with Crippen LogP contribution in [0, 0.1) is 11.8 Å². The van der Waals surface area contributed by atoms with Crippen molar-refractivity contribution in [1.29, 1.82) is 0 Å². The highest BCUT2D eigenvalue weighted by Crippen LogP contribution is 2.47. The molecule has 0 aromatic heterocycles. The molecule has 8 heteroatoms. The van der Waals surface area contributed by atoms with Gasteiger partial charge in [0.1, 0.15) is 12.5 Å². The molecule has 0 unspecified atom stereocenters. The first kappa shape index (κ1) is 23.7. The Hall–Kier alpha value is -4.07. The van der Waals surface area contributed by atoms with Crippen LogP contribution in [0.4, 0.5) is 0 Å². The molecule has 3 atom stereocenters. The van der Waals surface area contributed by atoms with Gasteiger partial charge in [-0.05, 0) is 42.5 Å². The second kappa shape index (κ2) is 9.53. The molecule has 0 fully saturated rings. The number of carbonyl (C=O) groups excluding carboxylic acids is 3. The van der Waals surface area contributed by atoms with E-state index in [0.29, 0.717) is 46.0 Å². The van der Waals surface area contributed by atoms with Crippen LogP contribution in [0.2, 0.25) is 0 Å². The summed E-state index contributed by atoms with van der Waals surface area (Å²) >= 11 is 0. The molecule has 2 aliphatic heterocycles. The lowest BCUT2D eigenvalue weighted by atomic mass is 9.69. The number of allylic oxidation sites excluding steroid dienone is 3. The Bertz CT molecular complexity index is 1290. The number of ketones is 1. The number of hydrogen-bond acceptors (Lipinski definition) is 8. The fourth-order valence-electron chi connectivity index (χ4n) is 5.18. The van der Waals surface area contributed by atoms with Gasteiger partial charge in [0, 0.05) is 22.9 Å². The largest absolute Gasteiger partial charge is 0.468 e. The smallest absolute Gasteiger partial charge is 0.337 e. The fraction of sp³-hybridized carbons (Fsp3) is 0.321. The molecule has 0 bridgehead atoms. The maximum atomic E-state index is 13.8. The molecule has 3 aliphatic rings. The molecule has 186 valence electrons. The maximum Gasteiger partial charge on any atom is 0.337 e. The molecule has 5 rings (SSSR count). The normalized spacial score (nSPS) is 22.6. The molecule has 0 amide bonds. The predicted octanol–water partition coefficient (Wildman–Crippen LogP) is 3.77. The third kappa shape index (κ3) is 4.12. The minimum Gasteiger partial charge on any atom is -0.468 e. The van der Waals surface area contributed by atoms with Crippen LogP contribution in [-0.4, -0.2) is 31.6 Å². The molecule has 0 spiro atoms. The number of hydrogen-bond donors (Lipinski definition) is 1. The highest BCUT2D eigenvalue weighted by molar-refractivity contribution is 6.12. The highest BCUT2D eigenvalue weighted by atomic mass is 16.7. The number of methoxy groups -OCH3 is 1. The number of benzene rings is 2. The van der Waals surface area contributed by atoms with Crippen molar-refractivity contribution in [1.82, 2.24) is 5.32 Å². The minimum absolute atomic E-state index is 0.0893. The summed E-state index contributed by atoms with van der Waals surface area (Å²) in [5.41, 5.74) is 3.51. The van der Waals surface area contributed by atoms with Crippen LogP contribution < -0.4 is 14.8 Å². The van der Waals surface area contributed by atoms with Crippen LogP contribution in [0.1, 0.15) is 37.3 Å². The van der Waals surface area contributed by atoms with E-state index in [-0.39, 0.29) is 25.1 Å². The van der Waals surface area contributed by atoms with Gasteiger partial charge in [-0.2, -0.15) is 0 Å². The van der Waals surface area contributed by atoms with Gasteiger partial charge in [0.15, 0.2) is 17.3 Å². The van der Waals surface area contributed by atoms with Gasteiger partial charge >= 0.3 is 11.9 Å². The molecule has 8 nitrogen and oxygen atoms in total. The lowest BCUT2D eigenvalue weighted by Gasteiger charge is -2.38. The Kier molecular flexibility index (Phi) is 6.26. The van der Waals surface area contributed by atoms with Gasteiger partial charge in [0.25, 0.3) is 0 Å². The molecule has 0 saturated heterocycles. The van der Waals surface area contributed by atoms with Gasteiger partial charge in [0.05, 0.1) is 12.7 Å². The van der Waals surface area contributed by atoms with E-state index in [4.69, 9.17) is 18.9 Å². The molecule has 2 aromatic carbocycles. The third-order valence-corrected chi connectivity index (χ3v) is 6.91. The van der Waals surface area contributed by atoms with Gasteiger partial charge in [-0.3, -0.25) is 9.59 Å². The van der Waals surface area contributed by atoms with Crippen molar-refractivity contribution >= 4 is 17.7 Å². The van der Waals surface area contributed by atoms with E-state index in [9.17, 15) is 14.4 Å². The fourth-order valence-corrected chi connectivity index (χ4v) is 5.18. The van der Waals surface area contributed by atoms with Gasteiger partial charge in [-0.25, -0.2) is 4.79 Å². The first-order valence-electron chi connectivity index (χ1n) is 11.8. The van der Waals surface area contributed by atoms with Crippen LogP contribution in [-0.2, 0) is 30.5 Å². The van der Waals surface area contributed by atoms with Crippen molar-refractivity contribution < 1.29 is 33.3 Å². The molecule has 0 radical (unpaired) electrons. The number of Topliss-reactive ketones (excluding diaryl/α,β-unsaturated/α-hetero) is 1. The van der Waals surface area contributed by atoms with E-state index in [0.717, 1.165) is 5.56 Å². The van der Waals surface area contributed by atoms with Crippen LogP contribution >= 0.6 is 0 Å². The maximum absolute atomic E-state index is 13.8. The van der Waals surface area contributed by atoms with Crippen molar-refractivity contribution in [2.75, 3.05) is 13.9 Å². The number of esters is 2. The molecule has 0 saturated carbocycles. The number of nitrogens with one attached hydrogen (secondary N) is 1. The average Bonchev–Trinajstić information content (AvgIpc) is 3.35. The SMILES string of the molecule is COC(=O)[C@@H]1C(=O)C2=C(C[C@H]1C)NC(C)=C(C(=O)OCc1ccccc1)[C@@H]2c1ccc2c(c1)OCO2. The summed E-state index contributed by atoms with van der Waals surface area (Å²) in [5.74, 6) is -2.31. The van der Waals surface area contributed by atoms with Gasteiger partial charge in [-0.1, -0.05) is 43.3 Å². The Morgan fingerprint density at radius 3 is 2.58 bits per heavy atom. The Labute approximate surface area is 208 Å². The predicted molar refractivity (Wildman–Crippen MR) is 129 cm³/mol. The Morgan fingerprint density at radius 2 is 1.83 bits per heavy atom. The first-order valence-corrected chi connectivity index (χ1v) is 11.8. The number of carbonyl (C=O) groups is 3. The van der Waals surface area contributed by atoms with Gasteiger partial charge in [-0.15, -0.1) is 0 Å². The lowest BCUT2D eigenvalue weighted by Crippen LogP contribution is -2.43. The van der Waals surface area contributed by atoms with Crippen molar-refractivity contribution in [2.24, 2.45) is 11.8 Å². The van der Waals surface area contributed by atoms with Gasteiger partial charge in [0.2, 0.25) is 6.79 Å². The van der Waals surface area contributed by atoms with Gasteiger partial charge < -0.3 is 24.3 Å². The van der Waals surface area contributed by atoms with E-state index < -0.39 is 23.8 Å². The van der Waals surface area contributed by atoms with E-state index >= 15 is 0 Å². The zero-order chi connectivity index (χ0) is 25.4. The summed E-state index contributed by atoms with van der Waals surface area (Å²) in [6.07, 6.45) is 0.464. The number of dihydropyridines is 1. The molecular weight excluding hydrogens is 462 g/mol. The topological polar surface area (TPSA) is 100 Å². The van der Waals surface area contributed by atoms with Crippen LogP contribution in [0.3, 0.4) is 0 Å². The van der Waals surface area contributed by atoms with Crippen LogP contribution in [0.5, 0.6) is 11.5 Å². The molecule has 1 N–H and O–H groups in total. The standard InChI is InChI=1S/C28H27NO7/c1-15-11-19-25(26(30)22(15)27(31)33-3)24(18-9-10-20-21(12-18)36-14-35-20)23(16(2)29-19)28(32)34-13-17-7-5-4-6-8-17/h4-10,12,15,22,24,29H,11,13-14H2,1-3H3/t15-,22+,24+/m1/s1. The van der Waals surface area contributed by atoms with E-state index in [1.165, 1.54) is 7.11 Å². The molecular formula is C28H27NO7. The summed E-state index contributed by atoms with van der Waals surface area (Å²) in [6.45, 7) is 3.83. The van der Waals surface area contributed by atoms with Crippen LogP contribution in [0.15, 0.2) is 71.1 Å². The number of rotatable bonds is 5. The third-order valence-electron chi connectivity index (χ3n) is 6.91. The summed E-state index contributed by atoms with van der Waals surface area (Å²) in [7, 11) is 1.27. The Morgan fingerprint density at radius 1 is 1.08 bits per heavy atom. The minimum atomic E-state index is -0.952. The van der Waals surface area contributed by atoms with E-state index in [1.807, 2.05) is 43.3 Å². The monoisotopic (exact) mass is 489 g/mol. The molecule has 2 heterocycles. The van der Waals surface area contributed by atoms with E-state index in [2.05, 4.69) is 5.32 Å². The molecule has 36 heavy (non-hydrogen) atoms. The van der Waals surface area contributed by atoms with Crippen LogP contribution in [0.25, 0.3) is 0 Å². The van der Waals surface area contributed by atoms with Crippen molar-refractivity contribution in [3.05, 3.63) is 82.2 Å². The summed E-state index contributed by atoms with van der Waals surface area (Å²) < 4.78 is 21.7. The van der Waals surface area contributed by atoms with Crippen molar-refractivity contribution in [2.45, 2.75) is 32.8 Å². The second-order valence-corrected chi connectivity index (χ2v) is 9.21. The number of fused-ring (bicyclic) bond motifs is 1. The quantitative estimate of drug-likeness (QED) is 0.501. The van der Waals surface area contributed by atoms with E-state index in [1.54, 1.807) is 19.1 Å². The zero-order valence-corrected chi connectivity index (χ0v) is 20.3. The summed E-state index contributed by atoms with van der Waals surface area (Å²) in [5, 5.41) is 3.27. The summed E-state index contributed by atoms with van der Waals surface area (Å²) in [4.78, 5) is 39.9. The zero-order valence-electron chi connectivity index (χ0n) is 20.3. The highest BCUT2D eigenvalue weighted by Gasteiger charge is 2.47. The lowest BCUT2D eigenvalue weighted by molar-refractivity contribution is -0.151. The Balaban J connectivity index is 1.57. The van der Waals surface area contributed by atoms with Crippen molar-refractivity contribution in [3.63, 3.8) is 0 Å². The first-order chi connectivity index (χ1) is 17.4.